The van der Waals surface area contributed by atoms with Gasteiger partial charge in [0, 0.05) is 6.54 Å². The number of rotatable bonds is 7. The first-order valence-corrected chi connectivity index (χ1v) is 7.71. The Morgan fingerprint density at radius 2 is 2.13 bits per heavy atom. The second-order valence-electron chi connectivity index (χ2n) is 5.38. The number of hydrogen-bond donors (Lipinski definition) is 2. The lowest BCUT2D eigenvalue weighted by molar-refractivity contribution is 0.200. The summed E-state index contributed by atoms with van der Waals surface area (Å²) in [6.07, 6.45) is 6.74. The Bertz CT molecular complexity index is 529. The van der Waals surface area contributed by atoms with E-state index in [9.17, 15) is 0 Å². The van der Waals surface area contributed by atoms with Crippen molar-refractivity contribution in [2.75, 3.05) is 13.7 Å². The molecule has 0 unspecified atom stereocenters. The molecule has 0 spiro atoms. The van der Waals surface area contributed by atoms with E-state index in [4.69, 9.17) is 15.2 Å². The maximum absolute atomic E-state index is 6.08. The van der Waals surface area contributed by atoms with Gasteiger partial charge in [-0.15, -0.1) is 30.6 Å². The molecule has 128 valence electrons. The number of halogens is 1. The molecule has 2 rings (SSSR count). The lowest BCUT2D eigenvalue weighted by Gasteiger charge is -2.16. The molecule has 0 atom stereocenters. The van der Waals surface area contributed by atoms with Gasteiger partial charge < -0.3 is 20.5 Å². The monoisotopic (exact) mass is 431 g/mol. The minimum atomic E-state index is 0. The molecule has 0 aliphatic heterocycles. The summed E-state index contributed by atoms with van der Waals surface area (Å²) in [7, 11) is 1.66. The quantitative estimate of drug-likeness (QED) is 0.301. The SMILES string of the molecule is C=CCNC(N)=NCc1ccc(OC)c(OC2CCCC2)c1.I. The molecular weight excluding hydrogens is 405 g/mol. The topological polar surface area (TPSA) is 68.9 Å². The third-order valence-electron chi connectivity index (χ3n) is 3.68. The second kappa shape index (κ2) is 10.4. The van der Waals surface area contributed by atoms with Crippen LogP contribution in [0.15, 0.2) is 35.8 Å². The van der Waals surface area contributed by atoms with Crippen LogP contribution < -0.4 is 20.5 Å². The van der Waals surface area contributed by atoms with Crippen LogP contribution in [0.25, 0.3) is 0 Å². The molecule has 23 heavy (non-hydrogen) atoms. The second-order valence-corrected chi connectivity index (χ2v) is 5.38. The van der Waals surface area contributed by atoms with E-state index in [1.807, 2.05) is 18.2 Å². The molecule has 0 amide bonds. The number of aliphatic imine (C=N–C) groups is 1. The van der Waals surface area contributed by atoms with Crippen molar-refractivity contribution in [1.29, 1.82) is 0 Å². The van der Waals surface area contributed by atoms with Crippen LogP contribution in [-0.4, -0.2) is 25.7 Å². The fourth-order valence-corrected chi connectivity index (χ4v) is 2.51. The average molecular weight is 431 g/mol. The standard InChI is InChI=1S/C17H25N3O2.HI/c1-3-10-19-17(18)20-12-13-8-9-15(21-2)16(11-13)22-14-6-4-5-7-14;/h3,8-9,11,14H,1,4-7,10,12H2,2H3,(H3,18,19,20);1H. The summed E-state index contributed by atoms with van der Waals surface area (Å²) >= 11 is 0. The summed E-state index contributed by atoms with van der Waals surface area (Å²) in [5.74, 6) is 1.96. The number of guanidine groups is 1. The van der Waals surface area contributed by atoms with Gasteiger partial charge in [0.2, 0.25) is 0 Å². The van der Waals surface area contributed by atoms with Gasteiger partial charge in [-0.2, -0.15) is 0 Å². The van der Waals surface area contributed by atoms with Crippen LogP contribution in [-0.2, 0) is 6.54 Å². The molecule has 1 aromatic rings. The van der Waals surface area contributed by atoms with E-state index >= 15 is 0 Å². The van der Waals surface area contributed by atoms with Gasteiger partial charge in [-0.3, -0.25) is 0 Å². The summed E-state index contributed by atoms with van der Waals surface area (Å²) in [5, 5.41) is 2.95. The van der Waals surface area contributed by atoms with Crippen LogP contribution in [0.3, 0.4) is 0 Å². The molecule has 0 heterocycles. The molecule has 0 bridgehead atoms. The van der Waals surface area contributed by atoms with Gasteiger partial charge in [0.05, 0.1) is 19.8 Å². The maximum atomic E-state index is 6.08. The van der Waals surface area contributed by atoms with Crippen LogP contribution in [0.1, 0.15) is 31.2 Å². The van der Waals surface area contributed by atoms with Gasteiger partial charge in [-0.05, 0) is 43.4 Å². The third-order valence-corrected chi connectivity index (χ3v) is 3.68. The summed E-state index contributed by atoms with van der Waals surface area (Å²) in [4.78, 5) is 4.30. The molecular formula is C17H26IN3O2. The zero-order valence-corrected chi connectivity index (χ0v) is 15.9. The molecule has 1 fully saturated rings. The van der Waals surface area contributed by atoms with Crippen molar-refractivity contribution in [2.24, 2.45) is 10.7 Å². The molecule has 1 aliphatic carbocycles. The van der Waals surface area contributed by atoms with E-state index in [1.165, 1.54) is 12.8 Å². The Labute approximate surface area is 155 Å². The van der Waals surface area contributed by atoms with Crippen molar-refractivity contribution in [1.82, 2.24) is 5.32 Å². The van der Waals surface area contributed by atoms with Crippen molar-refractivity contribution in [3.63, 3.8) is 0 Å². The highest BCUT2D eigenvalue weighted by Gasteiger charge is 2.18. The molecule has 0 aromatic heterocycles. The number of hydrogen-bond acceptors (Lipinski definition) is 3. The summed E-state index contributed by atoms with van der Waals surface area (Å²) < 4.78 is 11.5. The normalized spacial score (nSPS) is 14.9. The lowest BCUT2D eigenvalue weighted by atomic mass is 10.2. The molecule has 0 saturated heterocycles. The Balaban J connectivity index is 0.00000264. The summed E-state index contributed by atoms with van der Waals surface area (Å²) in [6.45, 7) is 4.73. The minimum absolute atomic E-state index is 0. The van der Waals surface area contributed by atoms with Gasteiger partial charge in [-0.1, -0.05) is 12.1 Å². The highest BCUT2D eigenvalue weighted by Crippen LogP contribution is 2.32. The smallest absolute Gasteiger partial charge is 0.189 e. The zero-order valence-electron chi connectivity index (χ0n) is 13.6. The Morgan fingerprint density at radius 1 is 1.39 bits per heavy atom. The van der Waals surface area contributed by atoms with Crippen molar-refractivity contribution < 1.29 is 9.47 Å². The van der Waals surface area contributed by atoms with E-state index in [0.717, 1.165) is 29.9 Å². The predicted octanol–water partition coefficient (Wildman–Crippen LogP) is 3.22. The van der Waals surface area contributed by atoms with Crippen molar-refractivity contribution in [3.05, 3.63) is 36.4 Å². The van der Waals surface area contributed by atoms with Crippen LogP contribution >= 0.6 is 24.0 Å². The average Bonchev–Trinajstić information content (AvgIpc) is 3.04. The van der Waals surface area contributed by atoms with E-state index in [-0.39, 0.29) is 24.0 Å². The molecule has 6 heteroatoms. The van der Waals surface area contributed by atoms with Crippen LogP contribution in [0, 0.1) is 0 Å². The molecule has 1 aliphatic rings. The molecule has 3 N–H and O–H groups in total. The number of nitrogens with one attached hydrogen (secondary N) is 1. The van der Waals surface area contributed by atoms with E-state index in [1.54, 1.807) is 13.2 Å². The van der Waals surface area contributed by atoms with Gasteiger partial charge >= 0.3 is 0 Å². The van der Waals surface area contributed by atoms with Crippen LogP contribution in [0.2, 0.25) is 0 Å². The fraction of sp³-hybridized carbons (Fsp3) is 0.471. The summed E-state index contributed by atoms with van der Waals surface area (Å²) in [5.41, 5.74) is 6.81. The molecule has 1 saturated carbocycles. The number of benzene rings is 1. The van der Waals surface area contributed by atoms with E-state index in [0.29, 0.717) is 25.2 Å². The van der Waals surface area contributed by atoms with Crippen LogP contribution in [0.5, 0.6) is 11.5 Å². The number of nitrogens with zero attached hydrogens (tertiary/aromatic N) is 1. The number of nitrogens with two attached hydrogens (primary N) is 1. The Morgan fingerprint density at radius 3 is 2.78 bits per heavy atom. The van der Waals surface area contributed by atoms with Gasteiger partial charge in [0.15, 0.2) is 17.5 Å². The van der Waals surface area contributed by atoms with Crippen molar-refractivity contribution in [3.8, 4) is 11.5 Å². The fourth-order valence-electron chi connectivity index (χ4n) is 2.51. The van der Waals surface area contributed by atoms with Crippen molar-refractivity contribution >= 4 is 29.9 Å². The first-order chi connectivity index (χ1) is 10.7. The highest BCUT2D eigenvalue weighted by atomic mass is 127. The predicted molar refractivity (Wildman–Crippen MR) is 105 cm³/mol. The molecule has 1 aromatic carbocycles. The Kier molecular flexibility index (Phi) is 8.83. The van der Waals surface area contributed by atoms with Gasteiger partial charge in [0.1, 0.15) is 0 Å². The number of ether oxygens (including phenoxy) is 2. The van der Waals surface area contributed by atoms with Gasteiger partial charge in [0.25, 0.3) is 0 Å². The molecule has 0 radical (unpaired) electrons. The first kappa shape index (κ1) is 19.6. The Hall–Kier alpha value is -1.44. The van der Waals surface area contributed by atoms with Gasteiger partial charge in [-0.25, -0.2) is 4.99 Å². The third kappa shape index (κ3) is 6.29. The first-order valence-electron chi connectivity index (χ1n) is 7.71. The van der Waals surface area contributed by atoms with Crippen molar-refractivity contribution in [2.45, 2.75) is 38.3 Å². The molecule has 5 nitrogen and oxygen atoms in total. The van der Waals surface area contributed by atoms with Crippen LogP contribution in [0.4, 0.5) is 0 Å². The highest BCUT2D eigenvalue weighted by molar-refractivity contribution is 14.0. The maximum Gasteiger partial charge on any atom is 0.189 e. The minimum Gasteiger partial charge on any atom is -0.493 e. The summed E-state index contributed by atoms with van der Waals surface area (Å²) in [6, 6.07) is 5.88. The zero-order chi connectivity index (χ0) is 15.8. The largest absolute Gasteiger partial charge is 0.493 e. The van der Waals surface area contributed by atoms with E-state index < -0.39 is 0 Å². The van der Waals surface area contributed by atoms with E-state index in [2.05, 4.69) is 16.9 Å². The number of methoxy groups -OCH3 is 1. The lowest BCUT2D eigenvalue weighted by Crippen LogP contribution is -2.31.